The number of hydrogen-bond acceptors (Lipinski definition) is 7. The summed E-state index contributed by atoms with van der Waals surface area (Å²) in [5.41, 5.74) is 4.59. The fourth-order valence-electron chi connectivity index (χ4n) is 4.88. The first-order valence-corrected chi connectivity index (χ1v) is 15.3. The topological polar surface area (TPSA) is 99.4 Å². The molecular formula is C35H38N4O4S. The minimum atomic E-state index is -0.971. The number of carboxylic acid groups (broad SMARTS) is 1. The molecule has 0 aliphatic carbocycles. The van der Waals surface area contributed by atoms with Gasteiger partial charge in [-0.05, 0) is 61.9 Å². The quantitative estimate of drug-likeness (QED) is 0.152. The Kier molecular flexibility index (Phi) is 8.97. The molecule has 5 aromatic rings. The van der Waals surface area contributed by atoms with E-state index in [4.69, 9.17) is 14.5 Å². The van der Waals surface area contributed by atoms with E-state index in [2.05, 4.69) is 53.5 Å². The number of benzene rings is 1. The summed E-state index contributed by atoms with van der Waals surface area (Å²) in [6, 6.07) is 19.7. The lowest BCUT2D eigenvalue weighted by atomic mass is 9.88. The van der Waals surface area contributed by atoms with E-state index in [1.807, 2.05) is 48.7 Å². The van der Waals surface area contributed by atoms with E-state index >= 15 is 0 Å². The summed E-state index contributed by atoms with van der Waals surface area (Å²) in [5, 5.41) is 11.1. The van der Waals surface area contributed by atoms with Gasteiger partial charge in [-0.3, -0.25) is 14.8 Å². The second kappa shape index (κ2) is 12.7. The molecule has 0 fully saturated rings. The average Bonchev–Trinajstić information content (AvgIpc) is 3.26. The van der Waals surface area contributed by atoms with Crippen LogP contribution in [-0.2, 0) is 24.4 Å². The number of rotatable bonds is 11. The molecule has 0 aliphatic heterocycles. The van der Waals surface area contributed by atoms with Crippen LogP contribution in [0.4, 0.5) is 0 Å². The van der Waals surface area contributed by atoms with Crippen molar-refractivity contribution in [3.63, 3.8) is 0 Å². The summed E-state index contributed by atoms with van der Waals surface area (Å²) in [7, 11) is 1.59. The van der Waals surface area contributed by atoms with E-state index in [1.54, 1.807) is 45.1 Å². The van der Waals surface area contributed by atoms with E-state index in [0.29, 0.717) is 25.5 Å². The number of ether oxygens (including phenoxy) is 2. The van der Waals surface area contributed by atoms with E-state index in [-0.39, 0.29) is 4.75 Å². The lowest BCUT2D eigenvalue weighted by Gasteiger charge is -2.24. The predicted molar refractivity (Wildman–Crippen MR) is 174 cm³/mol. The molecule has 5 rings (SSSR count). The van der Waals surface area contributed by atoms with Crippen molar-refractivity contribution in [3.05, 3.63) is 96.2 Å². The van der Waals surface area contributed by atoms with Crippen LogP contribution in [0.3, 0.4) is 0 Å². The number of hydrogen-bond donors (Lipinski definition) is 1. The highest BCUT2D eigenvalue weighted by Crippen LogP contribution is 2.44. The minimum Gasteiger partial charge on any atom is -0.487 e. The second-order valence-corrected chi connectivity index (χ2v) is 14.2. The van der Waals surface area contributed by atoms with Crippen LogP contribution >= 0.6 is 11.8 Å². The number of carbonyl (C=O) groups is 1. The Morgan fingerprint density at radius 1 is 0.955 bits per heavy atom. The van der Waals surface area contributed by atoms with Crippen LogP contribution in [0.15, 0.2) is 84.1 Å². The fourth-order valence-corrected chi connectivity index (χ4v) is 6.07. The highest BCUT2D eigenvalue weighted by Gasteiger charge is 2.33. The van der Waals surface area contributed by atoms with Gasteiger partial charge in [0.25, 0.3) is 0 Å². The minimum absolute atomic E-state index is 0.109. The number of carboxylic acids is 1. The molecule has 44 heavy (non-hydrogen) atoms. The maximum atomic E-state index is 12.3. The van der Waals surface area contributed by atoms with Crippen molar-refractivity contribution in [2.24, 2.45) is 5.41 Å². The third kappa shape index (κ3) is 7.22. The van der Waals surface area contributed by atoms with Crippen molar-refractivity contribution in [1.82, 2.24) is 19.5 Å². The normalized spacial score (nSPS) is 12.0. The Morgan fingerprint density at radius 2 is 1.77 bits per heavy atom. The van der Waals surface area contributed by atoms with Crippen LogP contribution in [0.1, 0.15) is 51.6 Å². The average molecular weight is 611 g/mol. The molecule has 0 saturated heterocycles. The molecule has 0 unspecified atom stereocenters. The predicted octanol–water partition coefficient (Wildman–Crippen LogP) is 7.67. The lowest BCUT2D eigenvalue weighted by molar-refractivity contribution is -0.146. The molecule has 0 amide bonds. The molecule has 1 N–H and O–H groups in total. The fraction of sp³-hybridized carbons (Fsp3) is 0.314. The summed E-state index contributed by atoms with van der Waals surface area (Å²) in [6.07, 6.45) is 5.74. The maximum absolute atomic E-state index is 12.3. The van der Waals surface area contributed by atoms with Gasteiger partial charge in [-0.25, -0.2) is 4.98 Å². The molecule has 1 aromatic carbocycles. The molecule has 0 bridgehead atoms. The van der Waals surface area contributed by atoms with Crippen LogP contribution in [0.2, 0.25) is 0 Å². The number of pyridine rings is 3. The number of aromatic nitrogens is 4. The molecule has 0 saturated carbocycles. The number of nitrogens with zero attached hydrogens (tertiary/aromatic N) is 4. The van der Waals surface area contributed by atoms with E-state index < -0.39 is 11.4 Å². The second-order valence-electron chi connectivity index (χ2n) is 12.4. The Bertz CT molecular complexity index is 1740. The molecule has 4 heterocycles. The third-order valence-corrected chi connectivity index (χ3v) is 8.48. The van der Waals surface area contributed by atoms with Crippen LogP contribution in [0, 0.1) is 5.41 Å². The third-order valence-electron chi connectivity index (χ3n) is 7.21. The molecule has 8 nitrogen and oxygen atoms in total. The van der Waals surface area contributed by atoms with Gasteiger partial charge in [0, 0.05) is 69.4 Å². The number of aliphatic carboxylic acids is 1. The zero-order valence-electron chi connectivity index (χ0n) is 26.0. The molecule has 0 aliphatic rings. The Hall–Kier alpha value is -4.37. The molecule has 228 valence electrons. The largest absolute Gasteiger partial charge is 0.487 e. The van der Waals surface area contributed by atoms with Crippen LogP contribution in [0.5, 0.6) is 11.6 Å². The maximum Gasteiger partial charge on any atom is 0.309 e. The van der Waals surface area contributed by atoms with Crippen LogP contribution in [0.25, 0.3) is 22.2 Å². The van der Waals surface area contributed by atoms with Gasteiger partial charge in [0.1, 0.15) is 12.4 Å². The smallest absolute Gasteiger partial charge is 0.309 e. The molecule has 0 radical (unpaired) electrons. The molecular weight excluding hydrogens is 572 g/mol. The number of methoxy groups -OCH3 is 1. The Morgan fingerprint density at radius 3 is 2.39 bits per heavy atom. The number of fused-ring (bicyclic) bond motifs is 1. The lowest BCUT2D eigenvalue weighted by Crippen LogP contribution is -2.28. The van der Waals surface area contributed by atoms with Crippen molar-refractivity contribution < 1.29 is 19.4 Å². The van der Waals surface area contributed by atoms with Crippen molar-refractivity contribution in [2.45, 2.75) is 63.8 Å². The first kappa shape index (κ1) is 31.1. The van der Waals surface area contributed by atoms with Crippen LogP contribution in [-0.4, -0.2) is 42.5 Å². The van der Waals surface area contributed by atoms with Gasteiger partial charge >= 0.3 is 5.97 Å². The van der Waals surface area contributed by atoms with Gasteiger partial charge in [-0.1, -0.05) is 32.9 Å². The summed E-state index contributed by atoms with van der Waals surface area (Å²) in [6.45, 7) is 11.0. The Labute approximate surface area is 262 Å². The molecule has 0 spiro atoms. The Balaban J connectivity index is 1.57. The molecule has 9 heteroatoms. The van der Waals surface area contributed by atoms with Crippen molar-refractivity contribution in [2.75, 3.05) is 7.11 Å². The summed E-state index contributed by atoms with van der Waals surface area (Å²) in [4.78, 5) is 26.8. The van der Waals surface area contributed by atoms with E-state index in [9.17, 15) is 9.90 Å². The van der Waals surface area contributed by atoms with Crippen LogP contribution < -0.4 is 9.47 Å². The van der Waals surface area contributed by atoms with Gasteiger partial charge in [0.15, 0.2) is 0 Å². The van der Waals surface area contributed by atoms with Gasteiger partial charge in [0.05, 0.1) is 23.9 Å². The summed E-state index contributed by atoms with van der Waals surface area (Å²) >= 11 is 1.75. The van der Waals surface area contributed by atoms with E-state index in [1.165, 1.54) is 0 Å². The SMILES string of the molecule is COc1ccc(-c2ccc(Cn3c(CC(C)(C)C(=O)O)c(SC(C)(C)C)c4cc(OCc5ccccn5)ccc43)cn2)cn1. The molecule has 4 aromatic heterocycles. The van der Waals surface area contributed by atoms with Crippen molar-refractivity contribution >= 4 is 28.6 Å². The monoisotopic (exact) mass is 610 g/mol. The number of thioether (sulfide) groups is 1. The molecule has 0 atom stereocenters. The zero-order chi connectivity index (χ0) is 31.5. The highest BCUT2D eigenvalue weighted by atomic mass is 32.2. The summed E-state index contributed by atoms with van der Waals surface area (Å²) in [5.74, 6) is 0.453. The summed E-state index contributed by atoms with van der Waals surface area (Å²) < 4.78 is 13.5. The van der Waals surface area contributed by atoms with E-state index in [0.717, 1.165) is 49.8 Å². The standard InChI is InChI=1S/C35H38N4O4S/c1-34(2,3)44-32-27-17-26(43-22-25-9-7-8-16-36-25)12-14-29(27)39(30(32)18-35(4,5)33(40)41)21-23-10-13-28(37-19-23)24-11-15-31(42-6)38-20-24/h7-17,19-20H,18,21-22H2,1-6H3,(H,40,41). The van der Waals surface area contributed by atoms with Gasteiger partial charge in [0.2, 0.25) is 5.88 Å². The first-order valence-electron chi connectivity index (χ1n) is 14.5. The van der Waals surface area contributed by atoms with Gasteiger partial charge < -0.3 is 19.1 Å². The highest BCUT2D eigenvalue weighted by molar-refractivity contribution is 8.00. The van der Waals surface area contributed by atoms with Gasteiger partial charge in [-0.15, -0.1) is 11.8 Å². The van der Waals surface area contributed by atoms with Crippen molar-refractivity contribution in [1.29, 1.82) is 0 Å². The van der Waals surface area contributed by atoms with Gasteiger partial charge in [-0.2, -0.15) is 0 Å². The van der Waals surface area contributed by atoms with Crippen molar-refractivity contribution in [3.8, 4) is 22.9 Å². The zero-order valence-corrected chi connectivity index (χ0v) is 26.8. The first-order chi connectivity index (χ1) is 20.9.